The highest BCUT2D eigenvalue weighted by Gasteiger charge is 2.33. The molecule has 2 rings (SSSR count). The maximum atomic E-state index is 12.4. The van der Waals surface area contributed by atoms with E-state index in [4.69, 9.17) is 0 Å². The van der Waals surface area contributed by atoms with Crippen LogP contribution in [-0.2, 0) is 0 Å². The predicted molar refractivity (Wildman–Crippen MR) is 71.7 cm³/mol. The summed E-state index contributed by atoms with van der Waals surface area (Å²) in [7, 11) is 0. The lowest BCUT2D eigenvalue weighted by molar-refractivity contribution is 0.0722. The molecule has 3 nitrogen and oxygen atoms in total. The molecule has 1 N–H and O–H groups in total. The van der Waals surface area contributed by atoms with E-state index >= 15 is 0 Å². The van der Waals surface area contributed by atoms with E-state index in [9.17, 15) is 9.90 Å². The number of hydrogen-bond donors (Lipinski definition) is 1. The molecule has 3 heteroatoms. The molecule has 1 amide bonds. The minimum Gasteiger partial charge on any atom is -0.508 e. The molecule has 0 aliphatic heterocycles. The molecular weight excluding hydrogens is 226 g/mol. The van der Waals surface area contributed by atoms with Gasteiger partial charge in [-0.15, -0.1) is 0 Å². The third-order valence-corrected chi connectivity index (χ3v) is 3.27. The fourth-order valence-corrected chi connectivity index (χ4v) is 2.09. The van der Waals surface area contributed by atoms with Gasteiger partial charge in [-0.05, 0) is 43.4 Å². The number of amides is 1. The van der Waals surface area contributed by atoms with E-state index < -0.39 is 0 Å². The van der Waals surface area contributed by atoms with Crippen molar-refractivity contribution in [3.8, 4) is 5.75 Å². The van der Waals surface area contributed by atoms with Crippen molar-refractivity contribution >= 4 is 5.91 Å². The Morgan fingerprint density at radius 1 is 1.44 bits per heavy atom. The Bertz CT molecular complexity index is 450. The normalized spacial score (nSPS) is 14.9. The van der Waals surface area contributed by atoms with E-state index in [0.717, 1.165) is 24.9 Å². The number of phenolic OH excluding ortho intramolecular Hbond substituents is 1. The highest BCUT2D eigenvalue weighted by atomic mass is 16.3. The van der Waals surface area contributed by atoms with E-state index in [1.165, 1.54) is 0 Å². The summed E-state index contributed by atoms with van der Waals surface area (Å²) in [4.78, 5) is 14.4. The smallest absolute Gasteiger partial charge is 0.254 e. The maximum absolute atomic E-state index is 12.4. The molecule has 0 atom stereocenters. The SMILES string of the molecule is Cc1ccc(C(=O)N(CC(C)C)C2CC2)cc1O. The third-order valence-electron chi connectivity index (χ3n) is 3.27. The van der Waals surface area contributed by atoms with Gasteiger partial charge in [-0.1, -0.05) is 19.9 Å². The van der Waals surface area contributed by atoms with E-state index in [0.29, 0.717) is 17.5 Å². The van der Waals surface area contributed by atoms with Crippen LogP contribution >= 0.6 is 0 Å². The lowest BCUT2D eigenvalue weighted by Gasteiger charge is -2.24. The maximum Gasteiger partial charge on any atom is 0.254 e. The molecule has 18 heavy (non-hydrogen) atoms. The van der Waals surface area contributed by atoms with Crippen LogP contribution < -0.4 is 0 Å². The number of nitrogens with zero attached hydrogens (tertiary/aromatic N) is 1. The van der Waals surface area contributed by atoms with Gasteiger partial charge in [-0.3, -0.25) is 4.79 Å². The zero-order valence-electron chi connectivity index (χ0n) is 11.3. The van der Waals surface area contributed by atoms with Crippen molar-refractivity contribution < 1.29 is 9.90 Å². The van der Waals surface area contributed by atoms with Crippen LogP contribution in [0.15, 0.2) is 18.2 Å². The molecule has 0 aromatic heterocycles. The molecule has 98 valence electrons. The van der Waals surface area contributed by atoms with Gasteiger partial charge >= 0.3 is 0 Å². The molecule has 1 aliphatic rings. The first-order valence-corrected chi connectivity index (χ1v) is 6.59. The van der Waals surface area contributed by atoms with Gasteiger partial charge in [0.25, 0.3) is 5.91 Å². The standard InChI is InChI=1S/C15H21NO2/c1-10(2)9-16(13-6-7-13)15(18)12-5-4-11(3)14(17)8-12/h4-5,8,10,13,17H,6-7,9H2,1-3H3. The summed E-state index contributed by atoms with van der Waals surface area (Å²) >= 11 is 0. The molecule has 1 fully saturated rings. The van der Waals surface area contributed by atoms with E-state index in [-0.39, 0.29) is 11.7 Å². The van der Waals surface area contributed by atoms with Crippen molar-refractivity contribution in [3.63, 3.8) is 0 Å². The summed E-state index contributed by atoms with van der Waals surface area (Å²) in [5.74, 6) is 0.705. The zero-order valence-corrected chi connectivity index (χ0v) is 11.3. The first kappa shape index (κ1) is 12.9. The second kappa shape index (κ2) is 5.01. The Hall–Kier alpha value is -1.51. The Morgan fingerprint density at radius 3 is 2.61 bits per heavy atom. The van der Waals surface area contributed by atoms with Crippen LogP contribution in [0.1, 0.15) is 42.6 Å². The number of benzene rings is 1. The fraction of sp³-hybridized carbons (Fsp3) is 0.533. The second-order valence-electron chi connectivity index (χ2n) is 5.58. The highest BCUT2D eigenvalue weighted by molar-refractivity contribution is 5.95. The number of hydrogen-bond acceptors (Lipinski definition) is 2. The first-order valence-electron chi connectivity index (χ1n) is 6.59. The van der Waals surface area contributed by atoms with Crippen molar-refractivity contribution in [3.05, 3.63) is 29.3 Å². The molecule has 1 aliphatic carbocycles. The van der Waals surface area contributed by atoms with Gasteiger partial charge in [0, 0.05) is 18.2 Å². The number of rotatable bonds is 4. The van der Waals surface area contributed by atoms with Gasteiger partial charge in [-0.25, -0.2) is 0 Å². The summed E-state index contributed by atoms with van der Waals surface area (Å²) in [6.07, 6.45) is 2.21. The lowest BCUT2D eigenvalue weighted by atomic mass is 10.1. The topological polar surface area (TPSA) is 40.5 Å². The van der Waals surface area contributed by atoms with Gasteiger partial charge in [0.05, 0.1) is 0 Å². The minimum atomic E-state index is 0.0431. The molecule has 0 unspecified atom stereocenters. The number of carbonyl (C=O) groups excluding carboxylic acids is 1. The Kier molecular flexibility index (Phi) is 3.60. The first-order chi connectivity index (χ1) is 8.49. The van der Waals surface area contributed by atoms with Crippen LogP contribution in [0.5, 0.6) is 5.75 Å². The van der Waals surface area contributed by atoms with Crippen molar-refractivity contribution in [2.24, 2.45) is 5.92 Å². The summed E-state index contributed by atoms with van der Waals surface area (Å²) in [5, 5.41) is 9.70. The second-order valence-corrected chi connectivity index (χ2v) is 5.58. The average molecular weight is 247 g/mol. The molecule has 1 aromatic rings. The van der Waals surface area contributed by atoms with Crippen LogP contribution in [0.25, 0.3) is 0 Å². The molecule has 1 aromatic carbocycles. The van der Waals surface area contributed by atoms with Gasteiger partial charge in [0.1, 0.15) is 5.75 Å². The summed E-state index contributed by atoms with van der Waals surface area (Å²) in [5.41, 5.74) is 1.39. The quantitative estimate of drug-likeness (QED) is 0.888. The molecule has 0 saturated heterocycles. The van der Waals surface area contributed by atoms with Crippen molar-refractivity contribution in [1.82, 2.24) is 4.90 Å². The lowest BCUT2D eigenvalue weighted by Crippen LogP contribution is -2.36. The zero-order chi connectivity index (χ0) is 13.3. The third kappa shape index (κ3) is 2.84. The number of carbonyl (C=O) groups is 1. The molecule has 0 spiro atoms. The minimum absolute atomic E-state index is 0.0431. The Morgan fingerprint density at radius 2 is 2.11 bits per heavy atom. The predicted octanol–water partition coefficient (Wildman–Crippen LogP) is 2.96. The molecule has 0 radical (unpaired) electrons. The summed E-state index contributed by atoms with van der Waals surface area (Å²) in [6, 6.07) is 5.58. The molecule has 0 heterocycles. The van der Waals surface area contributed by atoms with Crippen molar-refractivity contribution in [2.45, 2.75) is 39.7 Å². The Balaban J connectivity index is 2.19. The van der Waals surface area contributed by atoms with E-state index in [1.54, 1.807) is 18.2 Å². The fourth-order valence-electron chi connectivity index (χ4n) is 2.09. The summed E-state index contributed by atoms with van der Waals surface area (Å²) in [6.45, 7) is 6.86. The van der Waals surface area contributed by atoms with Gasteiger partial charge in [0.15, 0.2) is 0 Å². The van der Waals surface area contributed by atoms with Gasteiger partial charge < -0.3 is 10.0 Å². The van der Waals surface area contributed by atoms with E-state index in [1.807, 2.05) is 11.8 Å². The van der Waals surface area contributed by atoms with Crippen molar-refractivity contribution in [1.29, 1.82) is 0 Å². The largest absolute Gasteiger partial charge is 0.508 e. The van der Waals surface area contributed by atoms with Crippen LogP contribution in [0, 0.1) is 12.8 Å². The van der Waals surface area contributed by atoms with E-state index in [2.05, 4.69) is 13.8 Å². The average Bonchev–Trinajstić information content (AvgIpc) is 3.12. The summed E-state index contributed by atoms with van der Waals surface area (Å²) < 4.78 is 0. The Labute approximate surface area is 108 Å². The van der Waals surface area contributed by atoms with Crippen LogP contribution in [0.4, 0.5) is 0 Å². The van der Waals surface area contributed by atoms with Crippen LogP contribution in [0.3, 0.4) is 0 Å². The molecule has 1 saturated carbocycles. The number of phenols is 1. The van der Waals surface area contributed by atoms with Gasteiger partial charge in [0.2, 0.25) is 0 Å². The highest BCUT2D eigenvalue weighted by Crippen LogP contribution is 2.29. The van der Waals surface area contributed by atoms with Crippen LogP contribution in [0.2, 0.25) is 0 Å². The van der Waals surface area contributed by atoms with Crippen molar-refractivity contribution in [2.75, 3.05) is 6.54 Å². The van der Waals surface area contributed by atoms with Gasteiger partial charge in [-0.2, -0.15) is 0 Å². The molecule has 0 bridgehead atoms. The van der Waals surface area contributed by atoms with Crippen LogP contribution in [-0.4, -0.2) is 28.5 Å². The monoisotopic (exact) mass is 247 g/mol. The number of aromatic hydroxyl groups is 1. The molecular formula is C15H21NO2. The number of aryl methyl sites for hydroxylation is 1.